The second-order valence-electron chi connectivity index (χ2n) is 5.05. The van der Waals surface area contributed by atoms with Crippen molar-refractivity contribution in [2.75, 3.05) is 6.61 Å². The van der Waals surface area contributed by atoms with Crippen molar-refractivity contribution < 1.29 is 4.74 Å². The summed E-state index contributed by atoms with van der Waals surface area (Å²) in [6.07, 6.45) is 2.80. The molecule has 1 atom stereocenters. The summed E-state index contributed by atoms with van der Waals surface area (Å²) in [5.41, 5.74) is 2.71. The number of hydrogen-bond acceptors (Lipinski definition) is 2. The molecule has 94 valence electrons. The predicted molar refractivity (Wildman–Crippen MR) is 71.2 cm³/mol. The van der Waals surface area contributed by atoms with Crippen LogP contribution >= 0.6 is 0 Å². The quantitative estimate of drug-likeness (QED) is 0.843. The summed E-state index contributed by atoms with van der Waals surface area (Å²) in [6, 6.07) is 9.79. The van der Waals surface area contributed by atoms with Crippen LogP contribution in [0, 0.1) is 6.92 Å². The molecule has 0 amide bonds. The fraction of sp³-hybridized carbons (Fsp3) is 0.600. The maximum absolute atomic E-state index is 5.57. The fourth-order valence-electron chi connectivity index (χ4n) is 2.46. The highest BCUT2D eigenvalue weighted by Gasteiger charge is 2.30. The van der Waals surface area contributed by atoms with Gasteiger partial charge in [0.2, 0.25) is 0 Å². The number of rotatable bonds is 5. The zero-order valence-electron chi connectivity index (χ0n) is 11.1. The predicted octanol–water partition coefficient (Wildman–Crippen LogP) is 3.21. The molecule has 0 spiro atoms. The molecule has 1 unspecified atom stereocenters. The van der Waals surface area contributed by atoms with Crippen molar-refractivity contribution in [1.82, 2.24) is 5.32 Å². The van der Waals surface area contributed by atoms with Crippen molar-refractivity contribution in [3.05, 3.63) is 35.4 Å². The molecular formula is C15H23NO. The minimum atomic E-state index is 0.433. The topological polar surface area (TPSA) is 21.3 Å². The standard InChI is InChI=1S/C15H23NO/c1-4-17-15-9-14(10-15)16-12(3)13-7-5-6-11(2)8-13/h5-8,12,14-16H,4,9-10H2,1-3H3. The van der Waals surface area contributed by atoms with E-state index in [1.165, 1.54) is 11.1 Å². The second kappa shape index (κ2) is 5.65. The summed E-state index contributed by atoms with van der Waals surface area (Å²) in [6.45, 7) is 7.29. The molecule has 1 aromatic rings. The van der Waals surface area contributed by atoms with Gasteiger partial charge in [0.25, 0.3) is 0 Å². The Morgan fingerprint density at radius 3 is 2.82 bits per heavy atom. The van der Waals surface area contributed by atoms with Crippen molar-refractivity contribution in [1.29, 1.82) is 0 Å². The lowest BCUT2D eigenvalue weighted by atomic mass is 9.88. The van der Waals surface area contributed by atoms with Gasteiger partial charge in [-0.1, -0.05) is 29.8 Å². The normalized spacial score (nSPS) is 25.4. The van der Waals surface area contributed by atoms with E-state index >= 15 is 0 Å². The Kier molecular flexibility index (Phi) is 4.19. The molecule has 17 heavy (non-hydrogen) atoms. The monoisotopic (exact) mass is 233 g/mol. The van der Waals surface area contributed by atoms with Crippen LogP contribution in [0.1, 0.15) is 43.9 Å². The van der Waals surface area contributed by atoms with Gasteiger partial charge in [0.15, 0.2) is 0 Å². The van der Waals surface area contributed by atoms with Gasteiger partial charge in [-0.3, -0.25) is 0 Å². The molecule has 1 N–H and O–H groups in total. The lowest BCUT2D eigenvalue weighted by molar-refractivity contribution is -0.0120. The summed E-state index contributed by atoms with van der Waals surface area (Å²) >= 11 is 0. The van der Waals surface area contributed by atoms with Gasteiger partial charge in [-0.15, -0.1) is 0 Å². The first-order valence-electron chi connectivity index (χ1n) is 6.63. The Morgan fingerprint density at radius 2 is 2.18 bits per heavy atom. The summed E-state index contributed by atoms with van der Waals surface area (Å²) in [5, 5.41) is 3.67. The molecule has 1 aliphatic carbocycles. The first-order chi connectivity index (χ1) is 8.19. The first-order valence-corrected chi connectivity index (χ1v) is 6.63. The molecule has 0 heterocycles. The van der Waals surface area contributed by atoms with E-state index in [1.54, 1.807) is 0 Å². The van der Waals surface area contributed by atoms with E-state index in [-0.39, 0.29) is 0 Å². The molecule has 0 aliphatic heterocycles. The lowest BCUT2D eigenvalue weighted by Crippen LogP contribution is -2.46. The Labute approximate surface area is 104 Å². The van der Waals surface area contributed by atoms with Crippen LogP contribution in [-0.2, 0) is 4.74 Å². The lowest BCUT2D eigenvalue weighted by Gasteiger charge is -2.37. The van der Waals surface area contributed by atoms with Crippen molar-refractivity contribution in [3.8, 4) is 0 Å². The molecule has 2 nitrogen and oxygen atoms in total. The molecule has 1 saturated carbocycles. The zero-order valence-corrected chi connectivity index (χ0v) is 11.1. The zero-order chi connectivity index (χ0) is 12.3. The van der Waals surface area contributed by atoms with E-state index in [9.17, 15) is 0 Å². The van der Waals surface area contributed by atoms with Gasteiger partial charge in [-0.2, -0.15) is 0 Å². The average molecular weight is 233 g/mol. The molecule has 0 saturated heterocycles. The fourth-order valence-corrected chi connectivity index (χ4v) is 2.46. The van der Waals surface area contributed by atoms with E-state index in [1.807, 2.05) is 0 Å². The summed E-state index contributed by atoms with van der Waals surface area (Å²) in [4.78, 5) is 0. The van der Waals surface area contributed by atoms with E-state index in [0.717, 1.165) is 19.4 Å². The average Bonchev–Trinajstić information content (AvgIpc) is 2.26. The number of hydrogen-bond donors (Lipinski definition) is 1. The van der Waals surface area contributed by atoms with Gasteiger partial charge in [-0.25, -0.2) is 0 Å². The number of nitrogens with one attached hydrogen (secondary N) is 1. The minimum absolute atomic E-state index is 0.433. The Bertz CT molecular complexity index is 358. The third-order valence-electron chi connectivity index (χ3n) is 3.53. The molecule has 1 fully saturated rings. The molecule has 2 heteroatoms. The van der Waals surface area contributed by atoms with Crippen molar-refractivity contribution >= 4 is 0 Å². The van der Waals surface area contributed by atoms with Gasteiger partial charge in [0.1, 0.15) is 0 Å². The maximum Gasteiger partial charge on any atom is 0.0604 e. The minimum Gasteiger partial charge on any atom is -0.378 e. The highest BCUT2D eigenvalue weighted by molar-refractivity contribution is 5.24. The molecule has 1 aliphatic rings. The largest absolute Gasteiger partial charge is 0.378 e. The van der Waals surface area contributed by atoms with E-state index in [0.29, 0.717) is 18.2 Å². The van der Waals surface area contributed by atoms with Gasteiger partial charge in [0, 0.05) is 18.7 Å². The SMILES string of the molecule is CCOC1CC(NC(C)c2cccc(C)c2)C1. The molecular weight excluding hydrogens is 210 g/mol. The van der Waals surface area contributed by atoms with Gasteiger partial charge < -0.3 is 10.1 Å². The van der Waals surface area contributed by atoms with Gasteiger partial charge >= 0.3 is 0 Å². The van der Waals surface area contributed by atoms with Crippen LogP contribution in [-0.4, -0.2) is 18.8 Å². The maximum atomic E-state index is 5.57. The molecule has 0 bridgehead atoms. The van der Waals surface area contributed by atoms with E-state index in [4.69, 9.17) is 4.74 Å². The van der Waals surface area contributed by atoms with Gasteiger partial charge in [-0.05, 0) is 39.2 Å². The first kappa shape index (κ1) is 12.6. The third-order valence-corrected chi connectivity index (χ3v) is 3.53. The van der Waals surface area contributed by atoms with Crippen LogP contribution in [0.3, 0.4) is 0 Å². The Hall–Kier alpha value is -0.860. The smallest absolute Gasteiger partial charge is 0.0604 e. The van der Waals surface area contributed by atoms with E-state index in [2.05, 4.69) is 50.4 Å². The molecule has 0 aromatic heterocycles. The van der Waals surface area contributed by atoms with E-state index < -0.39 is 0 Å². The van der Waals surface area contributed by atoms with Crippen LogP contribution in [0.5, 0.6) is 0 Å². The summed E-state index contributed by atoms with van der Waals surface area (Å²) in [7, 11) is 0. The van der Waals surface area contributed by atoms with Crippen LogP contribution < -0.4 is 5.32 Å². The number of aryl methyl sites for hydroxylation is 1. The van der Waals surface area contributed by atoms with Crippen LogP contribution in [0.4, 0.5) is 0 Å². The summed E-state index contributed by atoms with van der Waals surface area (Å²) in [5.74, 6) is 0. The number of benzene rings is 1. The van der Waals surface area contributed by atoms with Crippen LogP contribution in [0.15, 0.2) is 24.3 Å². The van der Waals surface area contributed by atoms with Crippen molar-refractivity contribution in [3.63, 3.8) is 0 Å². The van der Waals surface area contributed by atoms with Crippen molar-refractivity contribution in [2.45, 2.75) is 51.8 Å². The summed E-state index contributed by atoms with van der Waals surface area (Å²) < 4.78 is 5.57. The number of ether oxygens (including phenoxy) is 1. The molecule has 2 rings (SSSR count). The Morgan fingerprint density at radius 1 is 1.41 bits per heavy atom. The van der Waals surface area contributed by atoms with Gasteiger partial charge in [0.05, 0.1) is 6.10 Å². The molecule has 1 aromatic carbocycles. The second-order valence-corrected chi connectivity index (χ2v) is 5.05. The third kappa shape index (κ3) is 3.30. The van der Waals surface area contributed by atoms with Crippen LogP contribution in [0.2, 0.25) is 0 Å². The van der Waals surface area contributed by atoms with Crippen LogP contribution in [0.25, 0.3) is 0 Å². The Balaban J connectivity index is 1.80. The highest BCUT2D eigenvalue weighted by atomic mass is 16.5. The highest BCUT2D eigenvalue weighted by Crippen LogP contribution is 2.26. The van der Waals surface area contributed by atoms with Crippen molar-refractivity contribution in [2.24, 2.45) is 0 Å². The molecule has 0 radical (unpaired) electrons.